The second kappa shape index (κ2) is 10.1. The summed E-state index contributed by atoms with van der Waals surface area (Å²) in [5, 5.41) is 7.42. The van der Waals surface area contributed by atoms with Gasteiger partial charge in [0.1, 0.15) is 0 Å². The summed E-state index contributed by atoms with van der Waals surface area (Å²) in [6, 6.07) is 20.5. The molecule has 2 heteroatoms. The number of carboxylic acid groups (broad SMARTS) is 1. The van der Waals surface area contributed by atoms with Gasteiger partial charge in [-0.3, -0.25) is 4.79 Å². The van der Waals surface area contributed by atoms with Crippen LogP contribution in [0.3, 0.4) is 0 Å². The zero-order chi connectivity index (χ0) is 13.8. The van der Waals surface area contributed by atoms with Crippen LogP contribution in [0.15, 0.2) is 60.7 Å². The van der Waals surface area contributed by atoms with Crippen LogP contribution in [0.4, 0.5) is 0 Å². The molecule has 0 saturated carbocycles. The van der Waals surface area contributed by atoms with Crippen LogP contribution in [0.2, 0.25) is 0 Å². The first-order valence-electron chi connectivity index (χ1n) is 5.75. The number of hydrogen-bond donors (Lipinski definition) is 1. The van der Waals surface area contributed by atoms with Crippen molar-refractivity contribution in [2.45, 2.75) is 20.8 Å². The van der Waals surface area contributed by atoms with Gasteiger partial charge in [0.05, 0.1) is 0 Å². The van der Waals surface area contributed by atoms with Crippen LogP contribution in [-0.2, 0) is 4.79 Å². The molecule has 96 valence electrons. The molecule has 1 N–H and O–H groups in total. The summed E-state index contributed by atoms with van der Waals surface area (Å²) in [6.45, 7) is 5.25. The molecule has 0 heterocycles. The minimum atomic E-state index is -0.833. The van der Waals surface area contributed by atoms with E-state index in [0.29, 0.717) is 0 Å². The van der Waals surface area contributed by atoms with Crippen LogP contribution in [-0.4, -0.2) is 11.1 Å². The van der Waals surface area contributed by atoms with Crippen molar-refractivity contribution in [2.24, 2.45) is 0 Å². The highest BCUT2D eigenvalue weighted by Crippen LogP contribution is 1.92. The zero-order valence-corrected chi connectivity index (χ0v) is 11.1. The van der Waals surface area contributed by atoms with E-state index < -0.39 is 5.97 Å². The molecular weight excluding hydrogens is 224 g/mol. The van der Waals surface area contributed by atoms with Crippen molar-refractivity contribution in [2.75, 3.05) is 0 Å². The molecule has 0 aliphatic rings. The second-order valence-corrected chi connectivity index (χ2v) is 3.83. The maximum absolute atomic E-state index is 9.00. The normalized spacial score (nSPS) is 8.17. The molecule has 2 rings (SSSR count). The Morgan fingerprint density at radius 3 is 1.11 bits per heavy atom. The van der Waals surface area contributed by atoms with Crippen LogP contribution in [0.1, 0.15) is 18.1 Å². The average Bonchev–Trinajstić information content (AvgIpc) is 2.31. The lowest BCUT2D eigenvalue weighted by atomic mass is 10.2. The van der Waals surface area contributed by atoms with E-state index in [2.05, 4.69) is 38.1 Å². The molecule has 0 aromatic heterocycles. The molecule has 0 aliphatic heterocycles. The summed E-state index contributed by atoms with van der Waals surface area (Å²) in [5.41, 5.74) is 2.64. The molecule has 0 atom stereocenters. The number of carboxylic acids is 1. The standard InChI is InChI=1S/2C7H8.C2H4O2/c2*1-7-5-3-2-4-6-7;1-2(3)4/h2*2-6H,1H3;1H3,(H,3,4). The lowest BCUT2D eigenvalue weighted by molar-refractivity contribution is -0.134. The molecule has 0 spiro atoms. The minimum absolute atomic E-state index is 0.833. The summed E-state index contributed by atoms with van der Waals surface area (Å²) in [6.07, 6.45) is 0. The van der Waals surface area contributed by atoms with E-state index in [1.54, 1.807) is 0 Å². The van der Waals surface area contributed by atoms with Crippen molar-refractivity contribution < 1.29 is 9.90 Å². The minimum Gasteiger partial charge on any atom is -0.481 e. The molecule has 2 aromatic carbocycles. The Morgan fingerprint density at radius 2 is 1.00 bits per heavy atom. The average molecular weight is 244 g/mol. The lowest BCUT2D eigenvalue weighted by Gasteiger charge is -1.82. The number of benzene rings is 2. The molecule has 18 heavy (non-hydrogen) atoms. The quantitative estimate of drug-likeness (QED) is 0.758. The maximum Gasteiger partial charge on any atom is 0.300 e. The number of aliphatic carboxylic acids is 1. The van der Waals surface area contributed by atoms with Crippen LogP contribution in [0, 0.1) is 13.8 Å². The van der Waals surface area contributed by atoms with Crippen LogP contribution < -0.4 is 0 Å². The number of aryl methyl sites for hydroxylation is 2. The lowest BCUT2D eigenvalue weighted by Crippen LogP contribution is -1.78. The summed E-state index contributed by atoms with van der Waals surface area (Å²) in [4.78, 5) is 9.00. The van der Waals surface area contributed by atoms with Gasteiger partial charge in [0, 0.05) is 6.92 Å². The fourth-order valence-corrected chi connectivity index (χ4v) is 1.07. The Hall–Kier alpha value is -2.09. The molecule has 0 aliphatic carbocycles. The molecular formula is C16H20O2. The third-order valence-electron chi connectivity index (χ3n) is 1.88. The number of rotatable bonds is 0. The van der Waals surface area contributed by atoms with Gasteiger partial charge in [-0.2, -0.15) is 0 Å². The molecule has 0 fully saturated rings. The van der Waals surface area contributed by atoms with Crippen molar-refractivity contribution in [3.05, 3.63) is 71.8 Å². The van der Waals surface area contributed by atoms with Gasteiger partial charge in [-0.05, 0) is 13.8 Å². The van der Waals surface area contributed by atoms with E-state index in [-0.39, 0.29) is 0 Å². The van der Waals surface area contributed by atoms with Gasteiger partial charge in [0.25, 0.3) is 5.97 Å². The molecule has 2 aromatic rings. The summed E-state index contributed by atoms with van der Waals surface area (Å²) in [7, 11) is 0. The molecule has 0 radical (unpaired) electrons. The maximum atomic E-state index is 9.00. The molecule has 2 nitrogen and oxygen atoms in total. The summed E-state index contributed by atoms with van der Waals surface area (Å²) in [5.74, 6) is -0.833. The Balaban J connectivity index is 0.000000253. The van der Waals surface area contributed by atoms with Crippen LogP contribution in [0.5, 0.6) is 0 Å². The SMILES string of the molecule is CC(=O)O.Cc1ccccc1.Cc1ccccc1. The summed E-state index contributed by atoms with van der Waals surface area (Å²) < 4.78 is 0. The van der Waals surface area contributed by atoms with Crippen molar-refractivity contribution in [3.8, 4) is 0 Å². The third-order valence-corrected chi connectivity index (χ3v) is 1.88. The van der Waals surface area contributed by atoms with Gasteiger partial charge in [-0.15, -0.1) is 0 Å². The van der Waals surface area contributed by atoms with Crippen molar-refractivity contribution in [1.82, 2.24) is 0 Å². The fourth-order valence-electron chi connectivity index (χ4n) is 1.07. The van der Waals surface area contributed by atoms with E-state index in [1.807, 2.05) is 36.4 Å². The van der Waals surface area contributed by atoms with Gasteiger partial charge >= 0.3 is 0 Å². The first kappa shape index (κ1) is 15.9. The van der Waals surface area contributed by atoms with Crippen LogP contribution in [0.25, 0.3) is 0 Å². The molecule has 0 amide bonds. The zero-order valence-electron chi connectivity index (χ0n) is 11.1. The molecule has 0 bridgehead atoms. The monoisotopic (exact) mass is 244 g/mol. The topological polar surface area (TPSA) is 37.3 Å². The second-order valence-electron chi connectivity index (χ2n) is 3.83. The van der Waals surface area contributed by atoms with Gasteiger partial charge in [-0.1, -0.05) is 71.8 Å². The van der Waals surface area contributed by atoms with Crippen molar-refractivity contribution >= 4 is 5.97 Å². The van der Waals surface area contributed by atoms with Crippen LogP contribution >= 0.6 is 0 Å². The van der Waals surface area contributed by atoms with E-state index >= 15 is 0 Å². The smallest absolute Gasteiger partial charge is 0.300 e. The Morgan fingerprint density at radius 1 is 0.778 bits per heavy atom. The van der Waals surface area contributed by atoms with Gasteiger partial charge in [0.2, 0.25) is 0 Å². The first-order valence-corrected chi connectivity index (χ1v) is 5.75. The number of hydrogen-bond acceptors (Lipinski definition) is 1. The fraction of sp³-hybridized carbons (Fsp3) is 0.188. The highest BCUT2D eigenvalue weighted by Gasteiger charge is 1.72. The Kier molecular flexibility index (Phi) is 8.92. The molecule has 0 saturated heterocycles. The van der Waals surface area contributed by atoms with E-state index in [4.69, 9.17) is 9.90 Å². The van der Waals surface area contributed by atoms with Crippen molar-refractivity contribution in [3.63, 3.8) is 0 Å². The first-order chi connectivity index (χ1) is 8.52. The highest BCUT2D eigenvalue weighted by molar-refractivity contribution is 5.62. The predicted molar refractivity (Wildman–Crippen MR) is 75.7 cm³/mol. The van der Waals surface area contributed by atoms with E-state index in [1.165, 1.54) is 11.1 Å². The highest BCUT2D eigenvalue weighted by atomic mass is 16.4. The number of carbonyl (C=O) groups is 1. The Bertz CT molecular complexity index is 380. The summed E-state index contributed by atoms with van der Waals surface area (Å²) >= 11 is 0. The van der Waals surface area contributed by atoms with Crippen molar-refractivity contribution in [1.29, 1.82) is 0 Å². The Labute approximate surface area is 109 Å². The van der Waals surface area contributed by atoms with Gasteiger partial charge < -0.3 is 5.11 Å². The molecule has 0 unspecified atom stereocenters. The van der Waals surface area contributed by atoms with E-state index in [9.17, 15) is 0 Å². The van der Waals surface area contributed by atoms with E-state index in [0.717, 1.165) is 6.92 Å². The third kappa shape index (κ3) is 12.0. The van der Waals surface area contributed by atoms with Gasteiger partial charge in [-0.25, -0.2) is 0 Å². The predicted octanol–water partition coefficient (Wildman–Crippen LogP) is 4.08. The largest absolute Gasteiger partial charge is 0.481 e. The van der Waals surface area contributed by atoms with Gasteiger partial charge in [0.15, 0.2) is 0 Å².